The van der Waals surface area contributed by atoms with Crippen LogP contribution in [-0.2, 0) is 4.74 Å². The maximum atomic E-state index is 5.66. The molecule has 1 aromatic carbocycles. The third kappa shape index (κ3) is 4.63. The first-order valence-corrected chi connectivity index (χ1v) is 6.74. The monoisotopic (exact) mass is 274 g/mol. The van der Waals surface area contributed by atoms with Crippen molar-refractivity contribution in [3.8, 4) is 5.75 Å². The summed E-state index contributed by atoms with van der Waals surface area (Å²) in [5.74, 6) is 1.79. The lowest BCUT2D eigenvalue weighted by Crippen LogP contribution is -2.19. The fourth-order valence-corrected chi connectivity index (χ4v) is 1.76. The Morgan fingerprint density at radius 2 is 2.00 bits per heavy atom. The van der Waals surface area contributed by atoms with Gasteiger partial charge in [-0.2, -0.15) is 0 Å². The van der Waals surface area contributed by atoms with E-state index in [4.69, 9.17) is 9.47 Å². The highest BCUT2D eigenvalue weighted by molar-refractivity contribution is 5.53. The highest BCUT2D eigenvalue weighted by Crippen LogP contribution is 2.15. The summed E-state index contributed by atoms with van der Waals surface area (Å²) in [6.07, 6.45) is 6.00. The molecule has 0 saturated carbocycles. The Bertz CT molecular complexity index is 478. The highest BCUT2D eigenvalue weighted by Gasteiger charge is 2.05. The molecule has 0 bridgehead atoms. The lowest BCUT2D eigenvalue weighted by molar-refractivity contribution is 0.177. The van der Waals surface area contributed by atoms with Crippen LogP contribution in [0.4, 0.5) is 0 Å². The van der Waals surface area contributed by atoms with E-state index in [1.807, 2.05) is 68.7 Å². The van der Waals surface area contributed by atoms with Crippen LogP contribution in [0.1, 0.15) is 5.56 Å². The van der Waals surface area contributed by atoms with Crippen molar-refractivity contribution >= 4 is 6.08 Å². The topological polar surface area (TPSA) is 24.9 Å². The van der Waals surface area contributed by atoms with Crippen LogP contribution in [0.25, 0.3) is 6.08 Å². The van der Waals surface area contributed by atoms with E-state index in [9.17, 15) is 0 Å². The molecule has 20 heavy (non-hydrogen) atoms. The molecule has 0 N–H and O–H groups in total. The number of ether oxygens (including phenoxy) is 2. The molecule has 1 aliphatic heterocycles. The maximum Gasteiger partial charge on any atom is 0.161 e. The zero-order chi connectivity index (χ0) is 14.4. The van der Waals surface area contributed by atoms with Crippen LogP contribution in [0.3, 0.4) is 0 Å². The van der Waals surface area contributed by atoms with Crippen molar-refractivity contribution in [2.45, 2.75) is 0 Å². The third-order valence-electron chi connectivity index (χ3n) is 2.91. The standard InChI is InChI=1S/C16H22N2O2/c1-17(2)10-11-19-15-7-4-14(5-8-15)6-9-16-12-18(3)13-20-16/h4-9,12H,10-11,13H2,1-3H3. The van der Waals surface area contributed by atoms with Gasteiger partial charge in [-0.3, -0.25) is 0 Å². The van der Waals surface area contributed by atoms with Crippen molar-refractivity contribution < 1.29 is 9.47 Å². The molecule has 1 aromatic rings. The molecule has 0 radical (unpaired) electrons. The molecule has 0 spiro atoms. The van der Waals surface area contributed by atoms with Crippen LogP contribution in [0.15, 0.2) is 42.3 Å². The Morgan fingerprint density at radius 3 is 2.60 bits per heavy atom. The number of benzene rings is 1. The predicted octanol–water partition coefficient (Wildman–Crippen LogP) is 2.40. The molecule has 0 unspecified atom stereocenters. The molecule has 0 amide bonds. The molecule has 1 aliphatic rings. The van der Waals surface area contributed by atoms with E-state index < -0.39 is 0 Å². The third-order valence-corrected chi connectivity index (χ3v) is 2.91. The molecule has 0 fully saturated rings. The lowest BCUT2D eigenvalue weighted by Gasteiger charge is -2.10. The second-order valence-corrected chi connectivity index (χ2v) is 5.12. The zero-order valence-electron chi connectivity index (χ0n) is 12.4. The van der Waals surface area contributed by atoms with Crippen LogP contribution in [0, 0.1) is 0 Å². The van der Waals surface area contributed by atoms with Gasteiger partial charge in [0.15, 0.2) is 6.73 Å². The van der Waals surface area contributed by atoms with Gasteiger partial charge >= 0.3 is 0 Å². The molecule has 0 saturated heterocycles. The minimum Gasteiger partial charge on any atom is -0.492 e. The summed E-state index contributed by atoms with van der Waals surface area (Å²) in [6, 6.07) is 8.07. The molecule has 0 aliphatic carbocycles. The number of allylic oxidation sites excluding steroid dienone is 1. The summed E-state index contributed by atoms with van der Waals surface area (Å²) in [6.45, 7) is 2.24. The van der Waals surface area contributed by atoms with Gasteiger partial charge in [-0.25, -0.2) is 0 Å². The normalized spacial score (nSPS) is 14.8. The largest absolute Gasteiger partial charge is 0.492 e. The minimum absolute atomic E-state index is 0.623. The molecule has 1 heterocycles. The van der Waals surface area contributed by atoms with Crippen molar-refractivity contribution in [3.63, 3.8) is 0 Å². The lowest BCUT2D eigenvalue weighted by atomic mass is 10.2. The molecule has 2 rings (SSSR count). The van der Waals surface area contributed by atoms with Crippen LogP contribution in [0.5, 0.6) is 5.75 Å². The summed E-state index contributed by atoms with van der Waals surface area (Å²) in [7, 11) is 6.06. The number of hydrogen-bond donors (Lipinski definition) is 0. The Morgan fingerprint density at radius 1 is 1.25 bits per heavy atom. The molecule has 108 valence electrons. The van der Waals surface area contributed by atoms with Crippen LogP contribution >= 0.6 is 0 Å². The highest BCUT2D eigenvalue weighted by atomic mass is 16.5. The minimum atomic E-state index is 0.623. The number of hydrogen-bond acceptors (Lipinski definition) is 4. The SMILES string of the molecule is CN(C)CCOc1ccc(C=CC2=CN(C)CO2)cc1. The Kier molecular flexibility index (Phi) is 5.07. The van der Waals surface area contributed by atoms with Crippen molar-refractivity contribution in [2.24, 2.45) is 0 Å². The van der Waals surface area contributed by atoms with Crippen molar-refractivity contribution in [3.05, 3.63) is 47.9 Å². The van der Waals surface area contributed by atoms with E-state index >= 15 is 0 Å². The van der Waals surface area contributed by atoms with Crippen molar-refractivity contribution in [1.82, 2.24) is 9.80 Å². The molecular formula is C16H22N2O2. The van der Waals surface area contributed by atoms with E-state index in [-0.39, 0.29) is 0 Å². The first kappa shape index (κ1) is 14.5. The fraction of sp³-hybridized carbons (Fsp3) is 0.375. The van der Waals surface area contributed by atoms with E-state index in [0.29, 0.717) is 13.3 Å². The molecule has 0 atom stereocenters. The zero-order valence-corrected chi connectivity index (χ0v) is 12.4. The summed E-state index contributed by atoms with van der Waals surface area (Å²) >= 11 is 0. The van der Waals surface area contributed by atoms with Gasteiger partial charge in [-0.05, 0) is 37.9 Å². The first-order chi connectivity index (χ1) is 9.63. The Balaban J connectivity index is 1.85. The second kappa shape index (κ2) is 7.01. The van der Waals surface area contributed by atoms with Gasteiger partial charge in [0.05, 0.1) is 0 Å². The molecule has 0 aromatic heterocycles. The Hall–Kier alpha value is -1.94. The summed E-state index contributed by atoms with van der Waals surface area (Å²) in [5, 5.41) is 0. The number of rotatable bonds is 6. The van der Waals surface area contributed by atoms with Gasteiger partial charge in [0.25, 0.3) is 0 Å². The van der Waals surface area contributed by atoms with Gasteiger partial charge in [0.2, 0.25) is 0 Å². The second-order valence-electron chi connectivity index (χ2n) is 5.12. The molecule has 4 heteroatoms. The van der Waals surface area contributed by atoms with Crippen LogP contribution in [-0.4, -0.2) is 50.8 Å². The average molecular weight is 274 g/mol. The predicted molar refractivity (Wildman–Crippen MR) is 81.3 cm³/mol. The van der Waals surface area contributed by atoms with E-state index in [1.54, 1.807) is 0 Å². The number of likely N-dealkylation sites (N-methyl/N-ethyl adjacent to an activating group) is 1. The fourth-order valence-electron chi connectivity index (χ4n) is 1.76. The average Bonchev–Trinajstić information content (AvgIpc) is 2.83. The number of nitrogens with zero attached hydrogens (tertiary/aromatic N) is 2. The molecule has 4 nitrogen and oxygen atoms in total. The van der Waals surface area contributed by atoms with Gasteiger partial charge in [0.1, 0.15) is 18.1 Å². The van der Waals surface area contributed by atoms with Gasteiger partial charge in [0, 0.05) is 19.8 Å². The smallest absolute Gasteiger partial charge is 0.161 e. The first-order valence-electron chi connectivity index (χ1n) is 6.74. The van der Waals surface area contributed by atoms with E-state index in [0.717, 1.165) is 23.6 Å². The molecular weight excluding hydrogens is 252 g/mol. The van der Waals surface area contributed by atoms with E-state index in [1.165, 1.54) is 0 Å². The van der Waals surface area contributed by atoms with Crippen LogP contribution < -0.4 is 4.74 Å². The summed E-state index contributed by atoms with van der Waals surface area (Å²) in [5.41, 5.74) is 1.13. The Labute approximate surface area is 120 Å². The van der Waals surface area contributed by atoms with Crippen molar-refractivity contribution in [2.75, 3.05) is 41.0 Å². The van der Waals surface area contributed by atoms with Gasteiger partial charge < -0.3 is 19.3 Å². The van der Waals surface area contributed by atoms with Gasteiger partial charge in [-0.1, -0.05) is 18.2 Å². The van der Waals surface area contributed by atoms with Gasteiger partial charge in [-0.15, -0.1) is 0 Å². The van der Waals surface area contributed by atoms with Crippen LogP contribution in [0.2, 0.25) is 0 Å². The van der Waals surface area contributed by atoms with Crippen molar-refractivity contribution in [1.29, 1.82) is 0 Å². The summed E-state index contributed by atoms with van der Waals surface area (Å²) in [4.78, 5) is 4.10. The maximum absolute atomic E-state index is 5.66. The quantitative estimate of drug-likeness (QED) is 0.795. The summed E-state index contributed by atoms with van der Waals surface area (Å²) < 4.78 is 11.1. The van der Waals surface area contributed by atoms with E-state index in [2.05, 4.69) is 4.90 Å².